The second-order valence-electron chi connectivity index (χ2n) is 4.23. The highest BCUT2D eigenvalue weighted by molar-refractivity contribution is 5.79. The number of hydrogen-bond acceptors (Lipinski definition) is 5. The molecule has 6 nitrogen and oxygen atoms in total. The fraction of sp³-hybridized carbons (Fsp3) is 0.133. The van der Waals surface area contributed by atoms with Gasteiger partial charge in [-0.2, -0.15) is 10.2 Å². The number of H-pyrrole nitrogens is 1. The van der Waals surface area contributed by atoms with Crippen LogP contribution in [0.15, 0.2) is 30.6 Å². The lowest BCUT2D eigenvalue weighted by atomic mass is 10.2. The zero-order chi connectivity index (χ0) is 14.7. The summed E-state index contributed by atoms with van der Waals surface area (Å²) < 4.78 is 10.8. The third-order valence-corrected chi connectivity index (χ3v) is 2.95. The molecule has 0 bridgehead atoms. The molecule has 0 atom stereocenters. The molecule has 0 fully saturated rings. The van der Waals surface area contributed by atoms with E-state index in [1.54, 1.807) is 25.6 Å². The van der Waals surface area contributed by atoms with Crippen LogP contribution < -0.4 is 9.47 Å². The lowest BCUT2D eigenvalue weighted by Gasteiger charge is -2.09. The quantitative estimate of drug-likeness (QED) is 0.740. The van der Waals surface area contributed by atoms with Crippen molar-refractivity contribution < 1.29 is 9.47 Å². The first-order valence-electron chi connectivity index (χ1n) is 6.23. The zero-order valence-electron chi connectivity index (χ0n) is 11.3. The normalized spacial score (nSPS) is 10.3. The van der Waals surface area contributed by atoms with Gasteiger partial charge in [0.05, 0.1) is 30.6 Å². The second-order valence-corrected chi connectivity index (χ2v) is 4.23. The Morgan fingerprint density at radius 1 is 1.29 bits per heavy atom. The predicted molar refractivity (Wildman–Crippen MR) is 78.0 cm³/mol. The monoisotopic (exact) mass is 280 g/mol. The summed E-state index contributed by atoms with van der Waals surface area (Å²) in [6, 6.07) is 5.46. The van der Waals surface area contributed by atoms with Gasteiger partial charge < -0.3 is 14.5 Å². The summed E-state index contributed by atoms with van der Waals surface area (Å²) in [6.07, 6.45) is 8.41. The molecule has 1 aromatic carbocycles. The number of hydrogen-bond donors (Lipinski definition) is 1. The minimum atomic E-state index is 0.213. The van der Waals surface area contributed by atoms with Crippen molar-refractivity contribution in [3.05, 3.63) is 30.6 Å². The van der Waals surface area contributed by atoms with E-state index in [0.29, 0.717) is 17.3 Å². The molecule has 3 rings (SSSR count). The molecule has 2 aromatic heterocycles. The lowest BCUT2D eigenvalue weighted by molar-refractivity contribution is 0.363. The third-order valence-electron chi connectivity index (χ3n) is 2.95. The number of fused-ring (bicyclic) bond motifs is 1. The van der Waals surface area contributed by atoms with E-state index in [9.17, 15) is 0 Å². The lowest BCUT2D eigenvalue weighted by Crippen LogP contribution is -1.95. The molecule has 21 heavy (non-hydrogen) atoms. The van der Waals surface area contributed by atoms with Gasteiger partial charge in [-0.3, -0.25) is 0 Å². The van der Waals surface area contributed by atoms with Crippen LogP contribution in [-0.4, -0.2) is 33.9 Å². The Morgan fingerprint density at radius 3 is 2.90 bits per heavy atom. The van der Waals surface area contributed by atoms with Crippen molar-refractivity contribution in [1.82, 2.24) is 20.2 Å². The van der Waals surface area contributed by atoms with Crippen molar-refractivity contribution in [2.45, 2.75) is 0 Å². The number of ether oxygens (including phenoxy) is 2. The summed E-state index contributed by atoms with van der Waals surface area (Å²) >= 11 is 0. The van der Waals surface area contributed by atoms with E-state index in [-0.39, 0.29) is 6.61 Å². The Morgan fingerprint density at radius 2 is 2.14 bits per heavy atom. The molecule has 2 heterocycles. The molecule has 0 unspecified atom stereocenters. The summed E-state index contributed by atoms with van der Waals surface area (Å²) in [5.74, 6) is 4.39. The van der Waals surface area contributed by atoms with Crippen molar-refractivity contribution in [3.8, 4) is 35.2 Å². The van der Waals surface area contributed by atoms with Gasteiger partial charge in [-0.05, 0) is 12.1 Å². The molecule has 6 heteroatoms. The maximum atomic E-state index is 5.39. The van der Waals surface area contributed by atoms with Crippen LogP contribution in [0.1, 0.15) is 0 Å². The average molecular weight is 280 g/mol. The van der Waals surface area contributed by atoms with Crippen LogP contribution in [0.4, 0.5) is 0 Å². The summed E-state index contributed by atoms with van der Waals surface area (Å²) in [5, 5.41) is 7.63. The van der Waals surface area contributed by atoms with Crippen molar-refractivity contribution in [1.29, 1.82) is 0 Å². The van der Waals surface area contributed by atoms with E-state index >= 15 is 0 Å². The first-order chi connectivity index (χ1) is 10.3. The maximum Gasteiger partial charge on any atom is 0.148 e. The molecule has 0 amide bonds. The summed E-state index contributed by atoms with van der Waals surface area (Å²) in [4.78, 5) is 7.65. The van der Waals surface area contributed by atoms with E-state index < -0.39 is 0 Å². The van der Waals surface area contributed by atoms with Crippen molar-refractivity contribution in [3.63, 3.8) is 0 Å². The topological polar surface area (TPSA) is 72.9 Å². The number of rotatable bonds is 4. The molecule has 0 saturated carbocycles. The van der Waals surface area contributed by atoms with E-state index in [2.05, 4.69) is 26.1 Å². The van der Waals surface area contributed by atoms with Gasteiger partial charge >= 0.3 is 0 Å². The molecule has 0 aliphatic rings. The molecule has 0 aliphatic heterocycles. The molecule has 0 saturated heterocycles. The Bertz CT molecular complexity index is 787. The van der Waals surface area contributed by atoms with E-state index in [1.807, 2.05) is 12.1 Å². The Labute approximate surface area is 121 Å². The van der Waals surface area contributed by atoms with Gasteiger partial charge in [-0.1, -0.05) is 5.92 Å². The fourth-order valence-electron chi connectivity index (χ4n) is 1.99. The number of terminal acetylenes is 1. The summed E-state index contributed by atoms with van der Waals surface area (Å²) in [6.45, 7) is 0.213. The van der Waals surface area contributed by atoms with E-state index in [1.165, 1.54) is 0 Å². The van der Waals surface area contributed by atoms with E-state index in [4.69, 9.17) is 15.9 Å². The van der Waals surface area contributed by atoms with Crippen LogP contribution in [-0.2, 0) is 0 Å². The minimum Gasteiger partial charge on any atom is -0.496 e. The Balaban J connectivity index is 2.03. The number of aromatic nitrogens is 4. The van der Waals surface area contributed by atoms with Gasteiger partial charge in [0.2, 0.25) is 0 Å². The standard InChI is InChI=1S/C15H12N4O2/c1-3-6-21-10-4-5-11(14(7-10)20-2)15-18-12-8-16-17-9-13(12)19-15/h1,4-5,7-9H,6H2,2H3,(H,18,19). The maximum absolute atomic E-state index is 5.39. The van der Waals surface area contributed by atoms with Crippen LogP contribution in [0.2, 0.25) is 0 Å². The van der Waals surface area contributed by atoms with Crippen LogP contribution in [0, 0.1) is 12.3 Å². The first-order valence-corrected chi connectivity index (χ1v) is 6.23. The highest BCUT2D eigenvalue weighted by Gasteiger charge is 2.12. The van der Waals surface area contributed by atoms with Gasteiger partial charge in [-0.25, -0.2) is 4.98 Å². The second kappa shape index (κ2) is 5.51. The van der Waals surface area contributed by atoms with E-state index in [0.717, 1.165) is 16.6 Å². The molecular weight excluding hydrogens is 268 g/mol. The number of benzene rings is 1. The Kier molecular flexibility index (Phi) is 3.39. The third kappa shape index (κ3) is 2.49. The highest BCUT2D eigenvalue weighted by atomic mass is 16.5. The summed E-state index contributed by atoms with van der Waals surface area (Å²) in [5.41, 5.74) is 2.38. The smallest absolute Gasteiger partial charge is 0.148 e. The van der Waals surface area contributed by atoms with Crippen molar-refractivity contribution >= 4 is 11.0 Å². The SMILES string of the molecule is C#CCOc1ccc(-c2nc3cnncc3[nH]2)c(OC)c1. The van der Waals surface area contributed by atoms with Crippen LogP contribution in [0.25, 0.3) is 22.4 Å². The summed E-state index contributed by atoms with van der Waals surface area (Å²) in [7, 11) is 1.59. The van der Waals surface area contributed by atoms with Gasteiger partial charge in [0.1, 0.15) is 29.4 Å². The molecule has 104 valence electrons. The number of nitrogens with zero attached hydrogens (tertiary/aromatic N) is 3. The fourth-order valence-corrected chi connectivity index (χ4v) is 1.99. The molecular formula is C15H12N4O2. The highest BCUT2D eigenvalue weighted by Crippen LogP contribution is 2.32. The van der Waals surface area contributed by atoms with Crippen molar-refractivity contribution in [2.75, 3.05) is 13.7 Å². The molecule has 0 radical (unpaired) electrons. The van der Waals surface area contributed by atoms with Crippen LogP contribution in [0.3, 0.4) is 0 Å². The minimum absolute atomic E-state index is 0.213. The van der Waals surface area contributed by atoms with Gasteiger partial charge in [-0.15, -0.1) is 6.42 Å². The molecule has 1 N–H and O–H groups in total. The number of aromatic amines is 1. The molecule has 0 aliphatic carbocycles. The van der Waals surface area contributed by atoms with Gasteiger partial charge in [0.15, 0.2) is 0 Å². The zero-order valence-corrected chi connectivity index (χ0v) is 11.3. The molecule has 3 aromatic rings. The van der Waals surface area contributed by atoms with Crippen LogP contribution >= 0.6 is 0 Å². The average Bonchev–Trinajstić information content (AvgIpc) is 2.96. The number of nitrogens with one attached hydrogen (secondary N) is 1. The van der Waals surface area contributed by atoms with Crippen molar-refractivity contribution in [2.24, 2.45) is 0 Å². The molecule has 0 spiro atoms. The van der Waals surface area contributed by atoms with Gasteiger partial charge in [0.25, 0.3) is 0 Å². The number of methoxy groups -OCH3 is 1. The van der Waals surface area contributed by atoms with Crippen LogP contribution in [0.5, 0.6) is 11.5 Å². The largest absolute Gasteiger partial charge is 0.496 e. The predicted octanol–water partition coefficient (Wildman–Crippen LogP) is 2.04. The Hall–Kier alpha value is -3.07. The number of imidazole rings is 1. The first kappa shape index (κ1) is 12.9. The van der Waals surface area contributed by atoms with Gasteiger partial charge in [0, 0.05) is 6.07 Å².